The van der Waals surface area contributed by atoms with Crippen LogP contribution in [0.15, 0.2) is 52.1 Å². The summed E-state index contributed by atoms with van der Waals surface area (Å²) in [5.74, 6) is 1.21. The SMILES string of the molecule is Cc1sc2c(c1C)C(c1ccc(NCc3ccco3)cc1)=N[C@@H](CC(=O)O)c1nnc(C)n1-2. The van der Waals surface area contributed by atoms with E-state index in [1.54, 1.807) is 17.6 Å². The highest BCUT2D eigenvalue weighted by Crippen LogP contribution is 2.39. The minimum atomic E-state index is -0.925. The number of benzene rings is 1. The minimum Gasteiger partial charge on any atom is -0.481 e. The summed E-state index contributed by atoms with van der Waals surface area (Å²) in [5.41, 5.74) is 4.79. The number of aliphatic carboxylic acids is 1. The molecule has 0 unspecified atom stereocenters. The molecule has 0 saturated carbocycles. The van der Waals surface area contributed by atoms with Gasteiger partial charge < -0.3 is 14.8 Å². The lowest BCUT2D eigenvalue weighted by Gasteiger charge is -2.12. The molecule has 0 radical (unpaired) electrons. The van der Waals surface area contributed by atoms with Crippen LogP contribution in [0.2, 0.25) is 0 Å². The number of rotatable bonds is 6. The van der Waals surface area contributed by atoms with Crippen molar-refractivity contribution in [1.29, 1.82) is 0 Å². The van der Waals surface area contributed by atoms with Gasteiger partial charge in [0.1, 0.15) is 22.6 Å². The first-order valence-corrected chi connectivity index (χ1v) is 11.4. The minimum absolute atomic E-state index is 0.155. The van der Waals surface area contributed by atoms with Crippen molar-refractivity contribution in [3.8, 4) is 5.00 Å². The highest BCUT2D eigenvalue weighted by molar-refractivity contribution is 7.15. The summed E-state index contributed by atoms with van der Waals surface area (Å²) >= 11 is 1.65. The lowest BCUT2D eigenvalue weighted by Crippen LogP contribution is -2.10. The summed E-state index contributed by atoms with van der Waals surface area (Å²) in [6.07, 6.45) is 1.50. The Kier molecular flexibility index (Phi) is 5.33. The fourth-order valence-corrected chi connectivity index (χ4v) is 5.25. The lowest BCUT2D eigenvalue weighted by molar-refractivity contribution is -0.137. The van der Waals surface area contributed by atoms with Crippen LogP contribution in [0.4, 0.5) is 5.69 Å². The van der Waals surface area contributed by atoms with Crippen LogP contribution in [0, 0.1) is 20.8 Å². The van der Waals surface area contributed by atoms with E-state index in [-0.39, 0.29) is 6.42 Å². The summed E-state index contributed by atoms with van der Waals surface area (Å²) in [5, 5.41) is 22.4. The number of aryl methyl sites for hydroxylation is 2. The molecule has 0 fully saturated rings. The Morgan fingerprint density at radius 3 is 2.67 bits per heavy atom. The molecule has 5 rings (SSSR count). The Morgan fingerprint density at radius 2 is 1.97 bits per heavy atom. The number of hydrogen-bond acceptors (Lipinski definition) is 7. The van der Waals surface area contributed by atoms with Gasteiger partial charge in [0.15, 0.2) is 5.82 Å². The number of furan rings is 1. The molecule has 1 aromatic carbocycles. The second-order valence-electron chi connectivity index (χ2n) is 8.01. The molecule has 2 N–H and O–H groups in total. The van der Waals surface area contributed by atoms with Crippen LogP contribution in [0.1, 0.15) is 51.4 Å². The number of fused-ring (bicyclic) bond motifs is 3. The molecule has 8 nitrogen and oxygen atoms in total. The summed E-state index contributed by atoms with van der Waals surface area (Å²) in [6.45, 7) is 6.64. The predicted octanol–water partition coefficient (Wildman–Crippen LogP) is 4.83. The van der Waals surface area contributed by atoms with Gasteiger partial charge in [-0.2, -0.15) is 0 Å². The maximum Gasteiger partial charge on any atom is 0.306 e. The predicted molar refractivity (Wildman–Crippen MR) is 127 cm³/mol. The fourth-order valence-electron chi connectivity index (χ4n) is 4.04. The molecule has 0 amide bonds. The van der Waals surface area contributed by atoms with E-state index in [0.717, 1.165) is 44.7 Å². The van der Waals surface area contributed by atoms with Gasteiger partial charge in [0, 0.05) is 21.7 Å². The summed E-state index contributed by atoms with van der Waals surface area (Å²) in [6, 6.07) is 11.2. The van der Waals surface area contributed by atoms with Gasteiger partial charge in [-0.3, -0.25) is 14.4 Å². The zero-order chi connectivity index (χ0) is 23.1. The zero-order valence-electron chi connectivity index (χ0n) is 18.5. The fraction of sp³-hybridized carbons (Fsp3) is 0.250. The topological polar surface area (TPSA) is 106 Å². The molecule has 4 heterocycles. The average molecular weight is 462 g/mol. The van der Waals surface area contributed by atoms with Gasteiger partial charge in [-0.1, -0.05) is 12.1 Å². The third-order valence-corrected chi connectivity index (χ3v) is 7.01. The molecule has 9 heteroatoms. The van der Waals surface area contributed by atoms with Gasteiger partial charge in [-0.05, 0) is 50.6 Å². The van der Waals surface area contributed by atoms with Crippen molar-refractivity contribution in [3.63, 3.8) is 0 Å². The van der Waals surface area contributed by atoms with Gasteiger partial charge in [-0.25, -0.2) is 0 Å². The highest BCUT2D eigenvalue weighted by atomic mass is 32.1. The summed E-state index contributed by atoms with van der Waals surface area (Å²) in [4.78, 5) is 17.8. The molecule has 0 spiro atoms. The van der Waals surface area contributed by atoms with Crippen molar-refractivity contribution in [3.05, 3.63) is 81.6 Å². The van der Waals surface area contributed by atoms with Crippen molar-refractivity contribution in [2.45, 2.75) is 39.8 Å². The number of carboxylic acid groups (broad SMARTS) is 1. The number of nitrogens with zero attached hydrogens (tertiary/aromatic N) is 4. The smallest absolute Gasteiger partial charge is 0.306 e. The van der Waals surface area contributed by atoms with Crippen LogP contribution < -0.4 is 5.32 Å². The third kappa shape index (κ3) is 3.84. The van der Waals surface area contributed by atoms with Crippen LogP contribution in [0.3, 0.4) is 0 Å². The largest absolute Gasteiger partial charge is 0.481 e. The average Bonchev–Trinajstić information content (AvgIpc) is 3.49. The van der Waals surface area contributed by atoms with Crippen molar-refractivity contribution >= 4 is 28.7 Å². The van der Waals surface area contributed by atoms with Crippen molar-refractivity contribution in [1.82, 2.24) is 14.8 Å². The summed E-state index contributed by atoms with van der Waals surface area (Å²) < 4.78 is 7.34. The van der Waals surface area contributed by atoms with E-state index in [4.69, 9.17) is 9.41 Å². The quantitative estimate of drug-likeness (QED) is 0.426. The number of nitrogens with one attached hydrogen (secondary N) is 1. The molecule has 1 aliphatic heterocycles. The number of carboxylic acids is 1. The Bertz CT molecular complexity index is 1350. The molecule has 1 atom stereocenters. The van der Waals surface area contributed by atoms with Crippen molar-refractivity contribution in [2.75, 3.05) is 5.32 Å². The van der Waals surface area contributed by atoms with Gasteiger partial charge in [0.25, 0.3) is 0 Å². The Morgan fingerprint density at radius 1 is 1.18 bits per heavy atom. The first kappa shape index (κ1) is 21.1. The van der Waals surface area contributed by atoms with E-state index in [1.165, 1.54) is 4.88 Å². The second-order valence-corrected chi connectivity index (χ2v) is 9.21. The monoisotopic (exact) mass is 461 g/mol. The molecule has 33 heavy (non-hydrogen) atoms. The molecule has 0 saturated heterocycles. The molecule has 168 valence electrons. The summed E-state index contributed by atoms with van der Waals surface area (Å²) in [7, 11) is 0. The van der Waals surface area contributed by atoms with E-state index in [1.807, 2.05) is 47.9 Å². The van der Waals surface area contributed by atoms with Gasteiger partial charge in [0.05, 0.1) is 24.9 Å². The highest BCUT2D eigenvalue weighted by Gasteiger charge is 2.32. The van der Waals surface area contributed by atoms with E-state index in [2.05, 4.69) is 29.4 Å². The van der Waals surface area contributed by atoms with Crippen LogP contribution in [-0.4, -0.2) is 31.6 Å². The van der Waals surface area contributed by atoms with Gasteiger partial charge >= 0.3 is 5.97 Å². The Hall–Kier alpha value is -3.72. The maximum atomic E-state index is 11.6. The van der Waals surface area contributed by atoms with Gasteiger partial charge in [-0.15, -0.1) is 21.5 Å². The first-order valence-electron chi connectivity index (χ1n) is 10.6. The molecule has 1 aliphatic rings. The number of aromatic nitrogens is 3. The van der Waals surface area contributed by atoms with Crippen LogP contribution in [0.25, 0.3) is 5.00 Å². The first-order chi connectivity index (χ1) is 15.9. The number of thiophene rings is 1. The molecular formula is C24H23N5O3S. The number of aliphatic imine (C=N–C) groups is 1. The third-order valence-electron chi connectivity index (χ3n) is 5.81. The van der Waals surface area contributed by atoms with Crippen molar-refractivity contribution < 1.29 is 14.3 Å². The van der Waals surface area contributed by atoms with Crippen molar-refractivity contribution in [2.24, 2.45) is 4.99 Å². The molecule has 0 aliphatic carbocycles. The van der Waals surface area contributed by atoms with Gasteiger partial charge in [0.2, 0.25) is 0 Å². The van der Waals surface area contributed by atoms with E-state index >= 15 is 0 Å². The number of anilines is 1. The van der Waals surface area contributed by atoms with Crippen LogP contribution in [0.5, 0.6) is 0 Å². The molecular weight excluding hydrogens is 438 g/mol. The van der Waals surface area contributed by atoms with E-state index in [0.29, 0.717) is 12.4 Å². The van der Waals surface area contributed by atoms with Crippen LogP contribution >= 0.6 is 11.3 Å². The number of carbonyl (C=O) groups is 1. The zero-order valence-corrected chi connectivity index (χ0v) is 19.3. The van der Waals surface area contributed by atoms with Crippen LogP contribution in [-0.2, 0) is 11.3 Å². The molecule has 4 aromatic rings. The maximum absolute atomic E-state index is 11.6. The molecule has 0 bridgehead atoms. The normalized spacial score (nSPS) is 14.9. The Balaban J connectivity index is 1.58. The van der Waals surface area contributed by atoms with E-state index < -0.39 is 12.0 Å². The van der Waals surface area contributed by atoms with E-state index in [9.17, 15) is 9.90 Å². The lowest BCUT2D eigenvalue weighted by atomic mass is 9.99. The standard InChI is InChI=1S/C24H23N5O3S/c1-13-14(2)33-24-21(13)22(26-19(11-20(30)31)23-28-27-15(3)29(23)24)16-6-8-17(9-7-16)25-12-18-5-4-10-32-18/h4-10,19,25H,11-12H2,1-3H3,(H,30,31)/t19-/m0/s1. The second kappa shape index (κ2) is 8.32. The molecule has 3 aromatic heterocycles. The Labute approximate surface area is 194 Å². The number of hydrogen-bond donors (Lipinski definition) is 2.